The van der Waals surface area contributed by atoms with Crippen LogP contribution < -0.4 is 10.2 Å². The zero-order chi connectivity index (χ0) is 21.6. The summed E-state index contributed by atoms with van der Waals surface area (Å²) < 4.78 is 15.5. The summed E-state index contributed by atoms with van der Waals surface area (Å²) in [5.41, 5.74) is 0.795. The van der Waals surface area contributed by atoms with Crippen molar-refractivity contribution in [2.24, 2.45) is 0 Å². The Hall–Kier alpha value is -3.45. The number of fused-ring (bicyclic) bond motifs is 3. The first kappa shape index (κ1) is 19.5. The van der Waals surface area contributed by atoms with Gasteiger partial charge in [0.05, 0.1) is 6.54 Å². The molecule has 2 aromatic heterocycles. The number of amides is 2. The first-order valence-electron chi connectivity index (χ1n) is 9.96. The van der Waals surface area contributed by atoms with E-state index in [9.17, 15) is 14.0 Å². The zero-order valence-corrected chi connectivity index (χ0v) is 17.7. The normalized spacial score (nSPS) is 18.3. The molecule has 5 rings (SSSR count). The van der Waals surface area contributed by atoms with Crippen molar-refractivity contribution in [1.82, 2.24) is 9.88 Å². The third kappa shape index (κ3) is 3.21. The van der Waals surface area contributed by atoms with Crippen LogP contribution in [0.1, 0.15) is 23.0 Å². The van der Waals surface area contributed by atoms with Gasteiger partial charge in [0.2, 0.25) is 5.91 Å². The molecule has 0 saturated heterocycles. The highest BCUT2D eigenvalue weighted by molar-refractivity contribution is 7.16. The predicted molar refractivity (Wildman–Crippen MR) is 120 cm³/mol. The minimum absolute atomic E-state index is 0.266. The van der Waals surface area contributed by atoms with Crippen molar-refractivity contribution in [2.45, 2.75) is 25.6 Å². The van der Waals surface area contributed by atoms with Crippen LogP contribution in [-0.2, 0) is 17.9 Å². The quantitative estimate of drug-likeness (QED) is 0.512. The second-order valence-electron chi connectivity index (χ2n) is 7.86. The number of benzene rings is 2. The van der Waals surface area contributed by atoms with E-state index in [1.807, 2.05) is 52.4 Å². The van der Waals surface area contributed by atoms with Crippen molar-refractivity contribution < 1.29 is 14.0 Å². The molecule has 0 aliphatic carbocycles. The van der Waals surface area contributed by atoms with Gasteiger partial charge in [0.1, 0.15) is 21.9 Å². The average molecular weight is 434 g/mol. The maximum atomic E-state index is 13.6. The van der Waals surface area contributed by atoms with Gasteiger partial charge in [0.15, 0.2) is 0 Å². The Labute approximate surface area is 182 Å². The molecular weight excluding hydrogens is 413 g/mol. The van der Waals surface area contributed by atoms with Gasteiger partial charge in [-0.25, -0.2) is 4.39 Å². The number of anilines is 1. The molecule has 31 heavy (non-hydrogen) atoms. The number of nitrogens with one attached hydrogen (secondary N) is 1. The molecule has 0 radical (unpaired) electrons. The monoisotopic (exact) mass is 433 g/mol. The Kier molecular flexibility index (Phi) is 4.63. The van der Waals surface area contributed by atoms with Crippen LogP contribution in [0.15, 0.2) is 72.1 Å². The molecule has 1 aliphatic rings. The van der Waals surface area contributed by atoms with E-state index in [0.29, 0.717) is 24.5 Å². The van der Waals surface area contributed by atoms with Crippen molar-refractivity contribution >= 4 is 39.1 Å². The number of thiophene rings is 1. The van der Waals surface area contributed by atoms with E-state index in [1.165, 1.54) is 29.2 Å². The molecule has 4 aromatic rings. The van der Waals surface area contributed by atoms with Gasteiger partial charge in [-0.05, 0) is 54.3 Å². The van der Waals surface area contributed by atoms with Gasteiger partial charge in [-0.15, -0.1) is 11.3 Å². The lowest BCUT2D eigenvalue weighted by atomic mass is 9.93. The summed E-state index contributed by atoms with van der Waals surface area (Å²) in [5, 5.41) is 5.94. The second kappa shape index (κ2) is 7.35. The lowest BCUT2D eigenvalue weighted by Gasteiger charge is -2.44. The third-order valence-corrected chi connectivity index (χ3v) is 6.71. The highest BCUT2D eigenvalue weighted by Crippen LogP contribution is 2.37. The maximum Gasteiger partial charge on any atom is 0.275 e. The van der Waals surface area contributed by atoms with Crippen LogP contribution in [-0.4, -0.2) is 21.9 Å². The molecule has 0 bridgehead atoms. The van der Waals surface area contributed by atoms with Gasteiger partial charge >= 0.3 is 0 Å². The van der Waals surface area contributed by atoms with Crippen molar-refractivity contribution in [3.8, 4) is 0 Å². The number of halogens is 1. The highest BCUT2D eigenvalue weighted by atomic mass is 32.1. The molecule has 0 fully saturated rings. The summed E-state index contributed by atoms with van der Waals surface area (Å²) in [7, 11) is 0. The Balaban J connectivity index is 1.57. The van der Waals surface area contributed by atoms with E-state index in [-0.39, 0.29) is 11.8 Å². The summed E-state index contributed by atoms with van der Waals surface area (Å²) >= 11 is 1.54. The van der Waals surface area contributed by atoms with Gasteiger partial charge in [0.25, 0.3) is 5.91 Å². The number of carbonyl (C=O) groups is 2. The van der Waals surface area contributed by atoms with Crippen molar-refractivity contribution in [2.75, 3.05) is 4.90 Å². The van der Waals surface area contributed by atoms with Crippen LogP contribution in [0, 0.1) is 5.82 Å². The van der Waals surface area contributed by atoms with Crippen LogP contribution in [0.2, 0.25) is 0 Å². The first-order chi connectivity index (χ1) is 15.0. The molecule has 1 atom stereocenters. The van der Waals surface area contributed by atoms with Crippen LogP contribution in [0.5, 0.6) is 0 Å². The molecule has 2 aromatic carbocycles. The summed E-state index contributed by atoms with van der Waals surface area (Å²) in [5.74, 6) is -0.941. The molecule has 0 spiro atoms. The molecule has 1 unspecified atom stereocenters. The smallest absolute Gasteiger partial charge is 0.275 e. The van der Waals surface area contributed by atoms with Crippen LogP contribution in [0.25, 0.3) is 10.2 Å². The molecule has 3 heterocycles. The minimum atomic E-state index is -1.19. The lowest BCUT2D eigenvalue weighted by Crippen LogP contribution is -2.64. The Morgan fingerprint density at radius 2 is 1.87 bits per heavy atom. The number of hydrogen-bond acceptors (Lipinski definition) is 3. The number of aromatic nitrogens is 1. The highest BCUT2D eigenvalue weighted by Gasteiger charge is 2.48. The summed E-state index contributed by atoms with van der Waals surface area (Å²) in [4.78, 5) is 29.6. The number of hydrogen-bond donors (Lipinski definition) is 1. The Morgan fingerprint density at radius 3 is 2.61 bits per heavy atom. The maximum absolute atomic E-state index is 13.6. The molecule has 1 N–H and O–H groups in total. The topological polar surface area (TPSA) is 54.3 Å². The summed E-state index contributed by atoms with van der Waals surface area (Å²) in [6.07, 6.45) is 0. The van der Waals surface area contributed by atoms with E-state index in [2.05, 4.69) is 5.32 Å². The first-order valence-corrected chi connectivity index (χ1v) is 10.8. The zero-order valence-electron chi connectivity index (χ0n) is 16.8. The van der Waals surface area contributed by atoms with Crippen molar-refractivity contribution in [3.63, 3.8) is 0 Å². The molecule has 5 nitrogen and oxygen atoms in total. The van der Waals surface area contributed by atoms with Crippen molar-refractivity contribution in [3.05, 3.63) is 89.2 Å². The van der Waals surface area contributed by atoms with Crippen LogP contribution in [0.4, 0.5) is 10.1 Å². The van der Waals surface area contributed by atoms with Gasteiger partial charge in [-0.2, -0.15) is 0 Å². The standard InChI is InChI=1S/C24H20FN3O2S/c1-24(23(30)26-14-16-5-3-2-4-6-16)15-27-20(13-17-11-12-31-22(17)27)21(29)28(24)19-9-7-18(25)8-10-19/h2-13H,14-15H2,1H3,(H,26,30). The molecular formula is C24H20FN3O2S. The summed E-state index contributed by atoms with van der Waals surface area (Å²) in [6.45, 7) is 2.42. The fraction of sp³-hybridized carbons (Fsp3) is 0.167. The SMILES string of the molecule is CC1(C(=O)NCc2ccccc2)Cn2c(cc3ccsc32)C(=O)N1c1ccc(F)cc1. The fourth-order valence-electron chi connectivity index (χ4n) is 4.16. The van der Waals surface area contributed by atoms with E-state index in [1.54, 1.807) is 18.3 Å². The molecule has 7 heteroatoms. The van der Waals surface area contributed by atoms with Crippen LogP contribution >= 0.6 is 11.3 Å². The number of carbonyl (C=O) groups excluding carboxylic acids is 2. The number of rotatable bonds is 4. The molecule has 0 saturated carbocycles. The fourth-order valence-corrected chi connectivity index (χ4v) is 5.06. The second-order valence-corrected chi connectivity index (χ2v) is 8.75. The largest absolute Gasteiger partial charge is 0.350 e. The Bertz CT molecular complexity index is 1280. The molecule has 2 amide bonds. The van der Waals surface area contributed by atoms with Gasteiger partial charge in [-0.3, -0.25) is 14.5 Å². The summed E-state index contributed by atoms with van der Waals surface area (Å²) in [6, 6.07) is 19.1. The van der Waals surface area contributed by atoms with E-state index in [0.717, 1.165) is 15.8 Å². The molecule has 1 aliphatic heterocycles. The van der Waals surface area contributed by atoms with Crippen LogP contribution in [0.3, 0.4) is 0 Å². The van der Waals surface area contributed by atoms with Gasteiger partial charge in [0, 0.05) is 17.6 Å². The lowest BCUT2D eigenvalue weighted by molar-refractivity contribution is -0.126. The van der Waals surface area contributed by atoms with Gasteiger partial charge in [-0.1, -0.05) is 30.3 Å². The predicted octanol–water partition coefficient (Wildman–Crippen LogP) is 4.58. The van der Waals surface area contributed by atoms with E-state index in [4.69, 9.17) is 0 Å². The van der Waals surface area contributed by atoms with Gasteiger partial charge < -0.3 is 9.88 Å². The molecule has 156 valence electrons. The van der Waals surface area contributed by atoms with E-state index >= 15 is 0 Å². The third-order valence-electron chi connectivity index (χ3n) is 5.75. The minimum Gasteiger partial charge on any atom is -0.350 e. The van der Waals surface area contributed by atoms with E-state index < -0.39 is 11.4 Å². The van der Waals surface area contributed by atoms with Crippen molar-refractivity contribution in [1.29, 1.82) is 0 Å². The average Bonchev–Trinajstić information content (AvgIpc) is 3.36. The Morgan fingerprint density at radius 1 is 1.13 bits per heavy atom. The number of nitrogens with zero attached hydrogens (tertiary/aromatic N) is 2.